The molecule has 5 heteroatoms. The summed E-state index contributed by atoms with van der Waals surface area (Å²) in [6.07, 6.45) is -0.573. The van der Waals surface area contributed by atoms with E-state index >= 15 is 0 Å². The lowest BCUT2D eigenvalue weighted by molar-refractivity contribution is -0.127. The van der Waals surface area contributed by atoms with Crippen molar-refractivity contribution in [1.82, 2.24) is 5.32 Å². The Bertz CT molecular complexity index is 655. The summed E-state index contributed by atoms with van der Waals surface area (Å²) in [7, 11) is 0. The standard InChI is InChI=1S/C19H22BrNO3/c1-4-23-17-9-5-15(6-10-17)13(2)21-19(22)14(3)24-18-11-7-16(20)8-12-18/h5-14H,4H2,1-3H3,(H,21,22). The number of halogens is 1. The van der Waals surface area contributed by atoms with Crippen LogP contribution in [0.25, 0.3) is 0 Å². The van der Waals surface area contributed by atoms with E-state index in [4.69, 9.17) is 9.47 Å². The van der Waals surface area contributed by atoms with Gasteiger partial charge in [-0.2, -0.15) is 0 Å². The Labute approximate surface area is 151 Å². The van der Waals surface area contributed by atoms with Gasteiger partial charge in [0.05, 0.1) is 12.6 Å². The number of hydrogen-bond donors (Lipinski definition) is 1. The van der Waals surface area contributed by atoms with Crippen molar-refractivity contribution in [3.63, 3.8) is 0 Å². The van der Waals surface area contributed by atoms with Gasteiger partial charge in [-0.1, -0.05) is 28.1 Å². The van der Waals surface area contributed by atoms with Crippen LogP contribution in [0.5, 0.6) is 11.5 Å². The molecule has 2 rings (SSSR count). The Kier molecular flexibility index (Phi) is 6.67. The molecule has 0 aromatic heterocycles. The SMILES string of the molecule is CCOc1ccc(C(C)NC(=O)C(C)Oc2ccc(Br)cc2)cc1. The minimum absolute atomic E-state index is 0.107. The zero-order chi connectivity index (χ0) is 17.5. The van der Waals surface area contributed by atoms with Crippen molar-refractivity contribution in [3.8, 4) is 11.5 Å². The summed E-state index contributed by atoms with van der Waals surface area (Å²) in [5.74, 6) is 1.33. The van der Waals surface area contributed by atoms with Gasteiger partial charge in [0.15, 0.2) is 6.10 Å². The number of carbonyl (C=O) groups is 1. The van der Waals surface area contributed by atoms with Crippen LogP contribution in [0.4, 0.5) is 0 Å². The average molecular weight is 392 g/mol. The van der Waals surface area contributed by atoms with Gasteiger partial charge in [0.1, 0.15) is 11.5 Å². The molecule has 0 aliphatic carbocycles. The van der Waals surface area contributed by atoms with Gasteiger partial charge in [-0.25, -0.2) is 0 Å². The van der Waals surface area contributed by atoms with Crippen LogP contribution in [-0.2, 0) is 4.79 Å². The number of nitrogens with one attached hydrogen (secondary N) is 1. The quantitative estimate of drug-likeness (QED) is 0.755. The lowest BCUT2D eigenvalue weighted by atomic mass is 10.1. The van der Waals surface area contributed by atoms with E-state index in [2.05, 4.69) is 21.2 Å². The van der Waals surface area contributed by atoms with E-state index < -0.39 is 6.10 Å². The lowest BCUT2D eigenvalue weighted by Crippen LogP contribution is -2.37. The molecule has 24 heavy (non-hydrogen) atoms. The zero-order valence-corrected chi connectivity index (χ0v) is 15.7. The molecule has 0 fully saturated rings. The molecule has 2 atom stereocenters. The first-order valence-electron chi connectivity index (χ1n) is 7.95. The van der Waals surface area contributed by atoms with Crippen molar-refractivity contribution in [2.75, 3.05) is 6.61 Å². The van der Waals surface area contributed by atoms with Crippen molar-refractivity contribution >= 4 is 21.8 Å². The molecule has 0 aliphatic heterocycles. The smallest absolute Gasteiger partial charge is 0.261 e. The molecule has 0 bridgehead atoms. The van der Waals surface area contributed by atoms with Crippen molar-refractivity contribution < 1.29 is 14.3 Å². The monoisotopic (exact) mass is 391 g/mol. The summed E-state index contributed by atoms with van der Waals surface area (Å²) in [5.41, 5.74) is 1.02. The first-order valence-corrected chi connectivity index (χ1v) is 8.74. The Balaban J connectivity index is 1.91. The molecule has 128 valence electrons. The number of rotatable bonds is 7. The summed E-state index contributed by atoms with van der Waals surface area (Å²) in [6.45, 7) is 6.27. The van der Waals surface area contributed by atoms with Crippen LogP contribution < -0.4 is 14.8 Å². The maximum Gasteiger partial charge on any atom is 0.261 e. The van der Waals surface area contributed by atoms with Crippen LogP contribution in [0, 0.1) is 0 Å². The van der Waals surface area contributed by atoms with E-state index in [9.17, 15) is 4.79 Å². The summed E-state index contributed by atoms with van der Waals surface area (Å²) in [6, 6.07) is 15.0. The average Bonchev–Trinajstić information content (AvgIpc) is 2.57. The fourth-order valence-electron chi connectivity index (χ4n) is 2.20. The molecule has 0 heterocycles. The normalized spacial score (nSPS) is 13.0. The minimum atomic E-state index is -0.573. The first-order chi connectivity index (χ1) is 11.5. The molecule has 2 aromatic rings. The Morgan fingerprint density at radius 3 is 2.21 bits per heavy atom. The lowest BCUT2D eigenvalue weighted by Gasteiger charge is -2.19. The predicted octanol–water partition coefficient (Wildman–Crippen LogP) is 4.49. The van der Waals surface area contributed by atoms with Gasteiger partial charge in [-0.3, -0.25) is 4.79 Å². The maximum atomic E-state index is 12.3. The van der Waals surface area contributed by atoms with Gasteiger partial charge in [-0.15, -0.1) is 0 Å². The topological polar surface area (TPSA) is 47.6 Å². The third-order valence-corrected chi connectivity index (χ3v) is 4.07. The highest BCUT2D eigenvalue weighted by Crippen LogP contribution is 2.19. The van der Waals surface area contributed by atoms with E-state index in [1.807, 2.05) is 62.4 Å². The number of amides is 1. The molecule has 0 saturated carbocycles. The molecule has 0 saturated heterocycles. The number of ether oxygens (including phenoxy) is 2. The Hall–Kier alpha value is -2.01. The van der Waals surface area contributed by atoms with Crippen LogP contribution in [0.15, 0.2) is 53.0 Å². The third-order valence-electron chi connectivity index (χ3n) is 3.55. The molecule has 2 aromatic carbocycles. The Morgan fingerprint density at radius 1 is 1.04 bits per heavy atom. The highest BCUT2D eigenvalue weighted by molar-refractivity contribution is 9.10. The second kappa shape index (κ2) is 8.73. The summed E-state index contributed by atoms with van der Waals surface area (Å²) in [4.78, 5) is 12.3. The van der Waals surface area contributed by atoms with Gasteiger partial charge < -0.3 is 14.8 Å². The van der Waals surface area contributed by atoms with Crippen LogP contribution in [-0.4, -0.2) is 18.6 Å². The number of hydrogen-bond acceptors (Lipinski definition) is 3. The van der Waals surface area contributed by atoms with Gasteiger partial charge in [0.25, 0.3) is 5.91 Å². The molecule has 0 spiro atoms. The van der Waals surface area contributed by atoms with Gasteiger partial charge in [0, 0.05) is 4.47 Å². The molecule has 0 aliphatic rings. The van der Waals surface area contributed by atoms with Crippen LogP contribution in [0.3, 0.4) is 0 Å². The van der Waals surface area contributed by atoms with E-state index in [-0.39, 0.29) is 11.9 Å². The van der Waals surface area contributed by atoms with Crippen molar-refractivity contribution in [2.45, 2.75) is 32.9 Å². The summed E-state index contributed by atoms with van der Waals surface area (Å²) in [5, 5.41) is 2.97. The molecule has 1 N–H and O–H groups in total. The van der Waals surface area contributed by atoms with Gasteiger partial charge in [0.2, 0.25) is 0 Å². The highest BCUT2D eigenvalue weighted by atomic mass is 79.9. The maximum absolute atomic E-state index is 12.3. The van der Waals surface area contributed by atoms with Gasteiger partial charge in [-0.05, 0) is 62.7 Å². The van der Waals surface area contributed by atoms with E-state index in [1.54, 1.807) is 6.92 Å². The number of benzene rings is 2. The van der Waals surface area contributed by atoms with E-state index in [0.29, 0.717) is 12.4 Å². The second-order valence-electron chi connectivity index (χ2n) is 5.45. The number of carbonyl (C=O) groups excluding carboxylic acids is 1. The second-order valence-corrected chi connectivity index (χ2v) is 6.36. The third kappa shape index (κ3) is 5.27. The molecule has 4 nitrogen and oxygen atoms in total. The molecule has 0 radical (unpaired) electrons. The first kappa shape index (κ1) is 18.3. The van der Waals surface area contributed by atoms with Crippen molar-refractivity contribution in [1.29, 1.82) is 0 Å². The molecular weight excluding hydrogens is 370 g/mol. The summed E-state index contributed by atoms with van der Waals surface area (Å²) >= 11 is 3.37. The molecule has 1 amide bonds. The van der Waals surface area contributed by atoms with Crippen LogP contribution in [0.2, 0.25) is 0 Å². The predicted molar refractivity (Wildman–Crippen MR) is 98.4 cm³/mol. The highest BCUT2D eigenvalue weighted by Gasteiger charge is 2.17. The van der Waals surface area contributed by atoms with Crippen molar-refractivity contribution in [2.24, 2.45) is 0 Å². The van der Waals surface area contributed by atoms with E-state index in [0.717, 1.165) is 15.8 Å². The largest absolute Gasteiger partial charge is 0.494 e. The molecular formula is C19H22BrNO3. The Morgan fingerprint density at radius 2 is 1.62 bits per heavy atom. The van der Waals surface area contributed by atoms with Crippen molar-refractivity contribution in [3.05, 3.63) is 58.6 Å². The van der Waals surface area contributed by atoms with E-state index in [1.165, 1.54) is 0 Å². The van der Waals surface area contributed by atoms with Crippen LogP contribution in [0.1, 0.15) is 32.4 Å². The minimum Gasteiger partial charge on any atom is -0.494 e. The summed E-state index contributed by atoms with van der Waals surface area (Å²) < 4.78 is 12.1. The van der Waals surface area contributed by atoms with Crippen LogP contribution >= 0.6 is 15.9 Å². The fraction of sp³-hybridized carbons (Fsp3) is 0.316. The zero-order valence-electron chi connectivity index (χ0n) is 14.1. The fourth-order valence-corrected chi connectivity index (χ4v) is 2.47. The van der Waals surface area contributed by atoms with Gasteiger partial charge >= 0.3 is 0 Å². The molecule has 2 unspecified atom stereocenters.